The van der Waals surface area contributed by atoms with Crippen LogP contribution in [0.4, 0.5) is 0 Å². The number of carbonyl (C=O) groups is 1. The van der Waals surface area contributed by atoms with Crippen molar-refractivity contribution >= 4 is 27.0 Å². The molecule has 0 unspecified atom stereocenters. The molecule has 0 bridgehead atoms. The molecule has 0 amide bonds. The average molecular weight is 284 g/mol. The third kappa shape index (κ3) is 3.06. The third-order valence-electron chi connectivity index (χ3n) is 2.45. The number of nitrogens with zero attached hydrogens (tertiary/aromatic N) is 3. The molecule has 0 spiro atoms. The first-order valence-corrected chi connectivity index (χ1v) is 7.28. The highest BCUT2D eigenvalue weighted by Gasteiger charge is 2.14. The van der Waals surface area contributed by atoms with Crippen molar-refractivity contribution in [2.24, 2.45) is 0 Å². The van der Waals surface area contributed by atoms with Gasteiger partial charge in [0.15, 0.2) is 0 Å². The Labute approximate surface area is 109 Å². The minimum absolute atomic E-state index is 0.0851. The van der Waals surface area contributed by atoms with Crippen LogP contribution in [-0.2, 0) is 16.6 Å². The van der Waals surface area contributed by atoms with Crippen molar-refractivity contribution in [1.82, 2.24) is 19.7 Å². The van der Waals surface area contributed by atoms with Gasteiger partial charge in [-0.1, -0.05) is 11.3 Å². The Hall–Kier alpha value is -2.00. The predicted octanol–water partition coefficient (Wildman–Crippen LogP) is -0.321. The molecule has 0 aliphatic heterocycles. The number of benzene rings is 1. The van der Waals surface area contributed by atoms with Crippen molar-refractivity contribution in [3.05, 3.63) is 23.8 Å². The summed E-state index contributed by atoms with van der Waals surface area (Å²) in [5, 5.41) is 16.8. The van der Waals surface area contributed by atoms with E-state index in [1.54, 1.807) is 12.1 Å². The van der Waals surface area contributed by atoms with Crippen LogP contribution in [0.3, 0.4) is 0 Å². The molecule has 1 aromatic heterocycles. The van der Waals surface area contributed by atoms with Crippen molar-refractivity contribution in [3.8, 4) is 0 Å². The van der Waals surface area contributed by atoms with Crippen LogP contribution in [0, 0.1) is 0 Å². The number of hydrogen-bond donors (Lipinski definition) is 2. The molecule has 1 heterocycles. The molecule has 0 fully saturated rings. The number of carboxylic acids is 1. The second-order valence-corrected chi connectivity index (χ2v) is 5.79. The van der Waals surface area contributed by atoms with Crippen LogP contribution in [0.15, 0.2) is 18.2 Å². The lowest BCUT2D eigenvalue weighted by Crippen LogP contribution is -2.26. The van der Waals surface area contributed by atoms with Crippen molar-refractivity contribution in [1.29, 1.82) is 0 Å². The number of fused-ring (bicyclic) bond motifs is 1. The van der Waals surface area contributed by atoms with Gasteiger partial charge in [0.2, 0.25) is 10.0 Å². The van der Waals surface area contributed by atoms with Crippen molar-refractivity contribution < 1.29 is 18.3 Å². The molecule has 1 aromatic carbocycles. The second-order valence-electron chi connectivity index (χ2n) is 3.96. The van der Waals surface area contributed by atoms with E-state index in [2.05, 4.69) is 15.0 Å². The van der Waals surface area contributed by atoms with Crippen LogP contribution < -0.4 is 4.72 Å². The lowest BCUT2D eigenvalue weighted by molar-refractivity contribution is 0.0698. The summed E-state index contributed by atoms with van der Waals surface area (Å²) in [6.07, 6.45) is 1.05. The number of sulfonamides is 1. The van der Waals surface area contributed by atoms with Gasteiger partial charge in [-0.25, -0.2) is 22.6 Å². The molecular formula is C10H12N4O4S. The van der Waals surface area contributed by atoms with Crippen LogP contribution in [0.25, 0.3) is 11.0 Å². The highest BCUT2D eigenvalue weighted by molar-refractivity contribution is 7.88. The lowest BCUT2D eigenvalue weighted by atomic mass is 10.2. The molecule has 8 nitrogen and oxygen atoms in total. The topological polar surface area (TPSA) is 114 Å². The van der Waals surface area contributed by atoms with Gasteiger partial charge >= 0.3 is 5.97 Å². The molecule has 0 radical (unpaired) electrons. The lowest BCUT2D eigenvalue weighted by Gasteiger charge is -2.05. The zero-order valence-corrected chi connectivity index (χ0v) is 10.9. The number of aromatic nitrogens is 3. The van der Waals surface area contributed by atoms with Gasteiger partial charge in [-0.3, -0.25) is 0 Å². The van der Waals surface area contributed by atoms with E-state index in [-0.39, 0.29) is 18.7 Å². The van der Waals surface area contributed by atoms with Gasteiger partial charge in [0, 0.05) is 6.54 Å². The Morgan fingerprint density at radius 2 is 2.21 bits per heavy atom. The summed E-state index contributed by atoms with van der Waals surface area (Å²) < 4.78 is 25.6. The molecule has 0 saturated carbocycles. The Kier molecular flexibility index (Phi) is 3.49. The molecule has 2 N–H and O–H groups in total. The van der Waals surface area contributed by atoms with E-state index in [1.807, 2.05) is 0 Å². The third-order valence-corrected chi connectivity index (χ3v) is 3.18. The predicted molar refractivity (Wildman–Crippen MR) is 67.3 cm³/mol. The summed E-state index contributed by atoms with van der Waals surface area (Å²) >= 11 is 0. The zero-order valence-electron chi connectivity index (χ0n) is 10.1. The number of nitrogens with one attached hydrogen (secondary N) is 1. The van der Waals surface area contributed by atoms with Gasteiger partial charge in [-0.05, 0) is 12.1 Å². The van der Waals surface area contributed by atoms with Crippen molar-refractivity contribution in [2.45, 2.75) is 6.54 Å². The first-order valence-electron chi connectivity index (χ1n) is 5.38. The van der Waals surface area contributed by atoms with E-state index in [9.17, 15) is 13.2 Å². The van der Waals surface area contributed by atoms with E-state index in [0.29, 0.717) is 11.0 Å². The zero-order chi connectivity index (χ0) is 14.0. The molecule has 0 atom stereocenters. The van der Waals surface area contributed by atoms with Gasteiger partial charge in [0.25, 0.3) is 0 Å². The van der Waals surface area contributed by atoms with E-state index >= 15 is 0 Å². The maximum absolute atomic E-state index is 11.1. The molecular weight excluding hydrogens is 272 g/mol. The molecule has 102 valence electrons. The summed E-state index contributed by atoms with van der Waals surface area (Å²) in [6, 6.07) is 4.68. The van der Waals surface area contributed by atoms with Gasteiger partial charge in [-0.2, -0.15) is 0 Å². The summed E-state index contributed by atoms with van der Waals surface area (Å²) in [5.74, 6) is -1.08. The van der Waals surface area contributed by atoms with Crippen LogP contribution in [0.5, 0.6) is 0 Å². The molecule has 0 aliphatic rings. The largest absolute Gasteiger partial charge is 0.478 e. The molecule has 2 aromatic rings. The number of hydrogen-bond acceptors (Lipinski definition) is 5. The average Bonchev–Trinajstić information content (AvgIpc) is 2.70. The van der Waals surface area contributed by atoms with Gasteiger partial charge in [0.05, 0.1) is 18.4 Å². The Balaban J connectivity index is 2.31. The fraction of sp³-hybridized carbons (Fsp3) is 0.300. The van der Waals surface area contributed by atoms with Crippen LogP contribution >= 0.6 is 0 Å². The summed E-state index contributed by atoms with van der Waals surface area (Å²) in [4.78, 5) is 11.1. The number of carboxylic acid groups (broad SMARTS) is 1. The Bertz CT molecular complexity index is 722. The first-order chi connectivity index (χ1) is 8.88. The quantitative estimate of drug-likeness (QED) is 0.777. The fourth-order valence-corrected chi connectivity index (χ4v) is 2.16. The van der Waals surface area contributed by atoms with E-state index < -0.39 is 16.0 Å². The van der Waals surface area contributed by atoms with Crippen LogP contribution in [-0.4, -0.2) is 47.3 Å². The highest BCUT2D eigenvalue weighted by Crippen LogP contribution is 2.16. The Morgan fingerprint density at radius 3 is 2.84 bits per heavy atom. The smallest absolute Gasteiger partial charge is 0.337 e. The normalized spacial score (nSPS) is 11.8. The minimum Gasteiger partial charge on any atom is -0.478 e. The van der Waals surface area contributed by atoms with Crippen molar-refractivity contribution in [2.75, 3.05) is 12.8 Å². The molecule has 0 saturated heterocycles. The SMILES string of the molecule is CS(=O)(=O)NCCn1nnc2cccc(C(=O)O)c21. The summed E-state index contributed by atoms with van der Waals surface area (Å²) in [5.41, 5.74) is 0.923. The van der Waals surface area contributed by atoms with E-state index in [0.717, 1.165) is 6.26 Å². The maximum atomic E-state index is 11.1. The molecule has 0 aliphatic carbocycles. The number of rotatable bonds is 5. The standard InChI is InChI=1S/C10H12N4O4S/c1-19(17,18)11-5-6-14-9-7(10(15)16)3-2-4-8(9)12-13-14/h2-4,11H,5-6H2,1H3,(H,15,16). The van der Waals surface area contributed by atoms with Crippen molar-refractivity contribution in [3.63, 3.8) is 0 Å². The maximum Gasteiger partial charge on any atom is 0.337 e. The first kappa shape index (κ1) is 13.4. The van der Waals surface area contributed by atoms with Crippen LogP contribution in [0.2, 0.25) is 0 Å². The van der Waals surface area contributed by atoms with Gasteiger partial charge in [0.1, 0.15) is 11.0 Å². The van der Waals surface area contributed by atoms with Gasteiger partial charge in [-0.15, -0.1) is 5.10 Å². The molecule has 9 heteroatoms. The molecule has 19 heavy (non-hydrogen) atoms. The van der Waals surface area contributed by atoms with Gasteiger partial charge < -0.3 is 5.11 Å². The van der Waals surface area contributed by atoms with E-state index in [4.69, 9.17) is 5.11 Å². The van der Waals surface area contributed by atoms with Crippen LogP contribution in [0.1, 0.15) is 10.4 Å². The summed E-state index contributed by atoms with van der Waals surface area (Å²) in [6.45, 7) is 0.319. The Morgan fingerprint density at radius 1 is 1.47 bits per heavy atom. The fourth-order valence-electron chi connectivity index (χ4n) is 1.70. The number of para-hydroxylation sites is 1. The number of aromatic carboxylic acids is 1. The summed E-state index contributed by atoms with van der Waals surface area (Å²) in [7, 11) is -3.28. The molecule has 2 rings (SSSR count). The highest BCUT2D eigenvalue weighted by atomic mass is 32.2. The second kappa shape index (κ2) is 4.94. The van der Waals surface area contributed by atoms with E-state index in [1.165, 1.54) is 10.7 Å². The monoisotopic (exact) mass is 284 g/mol. The minimum atomic E-state index is -3.28.